The second kappa shape index (κ2) is 6.08. The van der Waals surface area contributed by atoms with Crippen molar-refractivity contribution in [3.63, 3.8) is 0 Å². The van der Waals surface area contributed by atoms with E-state index >= 15 is 0 Å². The molecule has 1 aromatic rings. The summed E-state index contributed by atoms with van der Waals surface area (Å²) in [6.07, 6.45) is 4.44. The highest BCUT2D eigenvalue weighted by Crippen LogP contribution is 2.42. The van der Waals surface area contributed by atoms with Gasteiger partial charge in [-0.25, -0.2) is 0 Å². The molecule has 1 saturated carbocycles. The molecule has 1 fully saturated rings. The fourth-order valence-corrected chi connectivity index (χ4v) is 3.44. The number of hydrogen-bond acceptors (Lipinski definition) is 2. The smallest absolute Gasteiger partial charge is 0.226 e. The molecule has 0 bridgehead atoms. The fraction of sp³-hybridized carbons (Fsp3) is 0.611. The van der Waals surface area contributed by atoms with Crippen LogP contribution >= 0.6 is 0 Å². The Morgan fingerprint density at radius 3 is 2.62 bits per heavy atom. The molecule has 1 amide bonds. The van der Waals surface area contributed by atoms with E-state index in [4.69, 9.17) is 0 Å². The lowest BCUT2D eigenvalue weighted by atomic mass is 9.68. The number of amides is 1. The van der Waals surface area contributed by atoms with E-state index in [1.54, 1.807) is 17.0 Å². The molecule has 2 atom stereocenters. The van der Waals surface area contributed by atoms with Gasteiger partial charge in [0.1, 0.15) is 5.75 Å². The number of phenols is 1. The van der Waals surface area contributed by atoms with Crippen molar-refractivity contribution in [1.29, 1.82) is 0 Å². The molecule has 1 aliphatic rings. The van der Waals surface area contributed by atoms with Crippen LogP contribution in [0.15, 0.2) is 24.3 Å². The van der Waals surface area contributed by atoms with Gasteiger partial charge in [-0.3, -0.25) is 4.79 Å². The predicted octanol–water partition coefficient (Wildman–Crippen LogP) is 4.13. The minimum absolute atomic E-state index is 0.0715. The van der Waals surface area contributed by atoms with Gasteiger partial charge in [0.05, 0.1) is 6.04 Å². The van der Waals surface area contributed by atoms with Gasteiger partial charge in [-0.1, -0.05) is 44.9 Å². The molecule has 2 rings (SSSR count). The Morgan fingerprint density at radius 1 is 1.33 bits per heavy atom. The van der Waals surface area contributed by atoms with Crippen molar-refractivity contribution in [2.75, 3.05) is 7.05 Å². The van der Waals surface area contributed by atoms with Crippen molar-refractivity contribution in [2.24, 2.45) is 11.3 Å². The average Bonchev–Trinajstić information content (AvgIpc) is 2.45. The van der Waals surface area contributed by atoms with Crippen molar-refractivity contribution in [3.05, 3.63) is 29.8 Å². The molecular formula is C18H27NO2. The molecule has 116 valence electrons. The maximum atomic E-state index is 12.9. The maximum absolute atomic E-state index is 12.9. The molecule has 2 unspecified atom stereocenters. The molecule has 0 heterocycles. The summed E-state index contributed by atoms with van der Waals surface area (Å²) in [6.45, 7) is 6.38. The van der Waals surface area contributed by atoms with Crippen LogP contribution in [0.25, 0.3) is 0 Å². The third-order valence-corrected chi connectivity index (χ3v) is 5.12. The van der Waals surface area contributed by atoms with E-state index in [9.17, 15) is 9.90 Å². The SMILES string of the molecule is CC(c1ccccc1O)N(C)C(=O)C1CCCCC1(C)C. The number of benzene rings is 1. The fourth-order valence-electron chi connectivity index (χ4n) is 3.44. The Hall–Kier alpha value is -1.51. The van der Waals surface area contributed by atoms with Gasteiger partial charge in [-0.15, -0.1) is 0 Å². The van der Waals surface area contributed by atoms with E-state index in [-0.39, 0.29) is 29.0 Å². The molecule has 0 spiro atoms. The molecule has 1 aromatic carbocycles. The first kappa shape index (κ1) is 15.9. The van der Waals surface area contributed by atoms with Gasteiger partial charge in [0, 0.05) is 18.5 Å². The lowest BCUT2D eigenvalue weighted by molar-refractivity contribution is -0.141. The zero-order chi connectivity index (χ0) is 15.6. The number of para-hydroxylation sites is 1. The quantitative estimate of drug-likeness (QED) is 0.909. The highest BCUT2D eigenvalue weighted by atomic mass is 16.3. The molecule has 3 heteroatoms. The summed E-state index contributed by atoms with van der Waals surface area (Å²) in [7, 11) is 1.85. The Bertz CT molecular complexity index is 510. The van der Waals surface area contributed by atoms with Crippen LogP contribution < -0.4 is 0 Å². The molecule has 0 aliphatic heterocycles. The summed E-state index contributed by atoms with van der Waals surface area (Å²) in [5.74, 6) is 0.549. The number of rotatable bonds is 3. The van der Waals surface area contributed by atoms with Gasteiger partial charge in [-0.05, 0) is 31.2 Å². The van der Waals surface area contributed by atoms with Crippen molar-refractivity contribution in [3.8, 4) is 5.75 Å². The van der Waals surface area contributed by atoms with Gasteiger partial charge in [-0.2, -0.15) is 0 Å². The summed E-state index contributed by atoms with van der Waals surface area (Å²) < 4.78 is 0. The number of hydrogen-bond donors (Lipinski definition) is 1. The lowest BCUT2D eigenvalue weighted by Gasteiger charge is -2.40. The number of nitrogens with zero attached hydrogens (tertiary/aromatic N) is 1. The van der Waals surface area contributed by atoms with E-state index in [1.165, 1.54) is 6.42 Å². The summed E-state index contributed by atoms with van der Waals surface area (Å²) >= 11 is 0. The average molecular weight is 289 g/mol. The number of carbonyl (C=O) groups excluding carboxylic acids is 1. The Morgan fingerprint density at radius 2 is 2.00 bits per heavy atom. The molecule has 1 aliphatic carbocycles. The van der Waals surface area contributed by atoms with E-state index in [0.717, 1.165) is 24.8 Å². The minimum Gasteiger partial charge on any atom is -0.508 e. The largest absolute Gasteiger partial charge is 0.508 e. The minimum atomic E-state index is -0.114. The van der Waals surface area contributed by atoms with Gasteiger partial charge >= 0.3 is 0 Å². The van der Waals surface area contributed by atoms with Crippen molar-refractivity contribution in [1.82, 2.24) is 4.90 Å². The van der Waals surface area contributed by atoms with Crippen LogP contribution in [0, 0.1) is 11.3 Å². The van der Waals surface area contributed by atoms with Gasteiger partial charge < -0.3 is 10.0 Å². The maximum Gasteiger partial charge on any atom is 0.226 e. The third-order valence-electron chi connectivity index (χ3n) is 5.12. The van der Waals surface area contributed by atoms with Crippen LogP contribution in [0.1, 0.15) is 58.1 Å². The third kappa shape index (κ3) is 3.22. The monoisotopic (exact) mass is 289 g/mol. The van der Waals surface area contributed by atoms with E-state index in [2.05, 4.69) is 13.8 Å². The number of aromatic hydroxyl groups is 1. The molecule has 0 aromatic heterocycles. The topological polar surface area (TPSA) is 40.5 Å². The van der Waals surface area contributed by atoms with Crippen LogP contribution in [0.2, 0.25) is 0 Å². The van der Waals surface area contributed by atoms with Gasteiger partial charge in [0.2, 0.25) is 5.91 Å². The second-order valence-electron chi connectivity index (χ2n) is 6.97. The van der Waals surface area contributed by atoms with Crippen LogP contribution in [0.4, 0.5) is 0 Å². The first-order chi connectivity index (χ1) is 9.84. The van der Waals surface area contributed by atoms with Crippen LogP contribution in [-0.2, 0) is 4.79 Å². The molecule has 21 heavy (non-hydrogen) atoms. The molecule has 3 nitrogen and oxygen atoms in total. The highest BCUT2D eigenvalue weighted by Gasteiger charge is 2.39. The zero-order valence-electron chi connectivity index (χ0n) is 13.6. The normalized spacial score (nSPS) is 22.6. The first-order valence-electron chi connectivity index (χ1n) is 7.89. The second-order valence-corrected chi connectivity index (χ2v) is 6.97. The van der Waals surface area contributed by atoms with Crippen LogP contribution in [0.5, 0.6) is 5.75 Å². The summed E-state index contributed by atoms with van der Waals surface area (Å²) in [6, 6.07) is 7.15. The standard InChI is InChI=1S/C18H27NO2/c1-13(14-9-5-6-11-16(14)20)19(4)17(21)15-10-7-8-12-18(15,2)3/h5-6,9,11,13,15,20H,7-8,10,12H2,1-4H3. The van der Waals surface area contributed by atoms with E-state index in [1.807, 2.05) is 26.1 Å². The van der Waals surface area contributed by atoms with Crippen molar-refractivity contribution < 1.29 is 9.90 Å². The Labute approximate surface area is 128 Å². The molecular weight excluding hydrogens is 262 g/mol. The lowest BCUT2D eigenvalue weighted by Crippen LogP contribution is -2.42. The first-order valence-corrected chi connectivity index (χ1v) is 7.89. The Kier molecular flexibility index (Phi) is 4.60. The summed E-state index contributed by atoms with van der Waals surface area (Å²) in [5.41, 5.74) is 0.879. The highest BCUT2D eigenvalue weighted by molar-refractivity contribution is 5.80. The van der Waals surface area contributed by atoms with Crippen molar-refractivity contribution >= 4 is 5.91 Å². The zero-order valence-corrected chi connectivity index (χ0v) is 13.6. The molecule has 0 saturated heterocycles. The van der Waals surface area contributed by atoms with Crippen LogP contribution in [0.3, 0.4) is 0 Å². The number of carbonyl (C=O) groups is 1. The van der Waals surface area contributed by atoms with E-state index < -0.39 is 0 Å². The van der Waals surface area contributed by atoms with Gasteiger partial charge in [0.15, 0.2) is 0 Å². The van der Waals surface area contributed by atoms with Crippen molar-refractivity contribution in [2.45, 2.75) is 52.5 Å². The Balaban J connectivity index is 2.17. The van der Waals surface area contributed by atoms with Crippen LogP contribution in [-0.4, -0.2) is 23.0 Å². The number of phenolic OH excluding ortho intramolecular Hbond substituents is 1. The predicted molar refractivity (Wildman–Crippen MR) is 85.0 cm³/mol. The summed E-state index contributed by atoms with van der Waals surface area (Å²) in [4.78, 5) is 14.7. The van der Waals surface area contributed by atoms with Gasteiger partial charge in [0.25, 0.3) is 0 Å². The van der Waals surface area contributed by atoms with E-state index in [0.29, 0.717) is 0 Å². The molecule has 0 radical (unpaired) electrons. The molecule has 1 N–H and O–H groups in total. The summed E-state index contributed by atoms with van der Waals surface area (Å²) in [5, 5.41) is 9.99.